The maximum absolute atomic E-state index is 13.1. The molecule has 2 N–H and O–H groups in total. The minimum absolute atomic E-state index is 0.126. The average molecular weight is 402 g/mol. The largest absolute Gasteiger partial charge is 0.465 e. The van der Waals surface area contributed by atoms with Crippen molar-refractivity contribution < 1.29 is 14.0 Å². The van der Waals surface area contributed by atoms with E-state index in [9.17, 15) is 9.59 Å². The molecule has 2 amide bonds. The molecule has 0 radical (unpaired) electrons. The van der Waals surface area contributed by atoms with Gasteiger partial charge in [-0.05, 0) is 50.1 Å². The molecule has 5 nitrogen and oxygen atoms in total. The second kappa shape index (κ2) is 9.74. The number of hydrogen-bond donors (Lipinski definition) is 2. The minimum Gasteiger partial charge on any atom is -0.465 e. The Bertz CT molecular complexity index is 1020. The zero-order valence-electron chi connectivity index (χ0n) is 17.4. The number of nitrogens with one attached hydrogen (secondary N) is 2. The Morgan fingerprint density at radius 2 is 1.60 bits per heavy atom. The highest BCUT2D eigenvalue weighted by Gasteiger charge is 2.19. The fourth-order valence-corrected chi connectivity index (χ4v) is 3.03. The van der Waals surface area contributed by atoms with Gasteiger partial charge in [-0.3, -0.25) is 9.59 Å². The smallest absolute Gasteiger partial charge is 0.268 e. The van der Waals surface area contributed by atoms with Crippen molar-refractivity contribution in [2.45, 2.75) is 33.2 Å². The van der Waals surface area contributed by atoms with Crippen LogP contribution in [0.25, 0.3) is 6.08 Å². The van der Waals surface area contributed by atoms with Crippen LogP contribution in [-0.2, 0) is 4.79 Å². The number of amides is 2. The Labute approximate surface area is 176 Å². The van der Waals surface area contributed by atoms with Crippen LogP contribution in [0.2, 0.25) is 0 Å². The van der Waals surface area contributed by atoms with Crippen molar-refractivity contribution >= 4 is 17.9 Å². The standard InChI is InChI=1S/C25H26N2O3/c1-4-22(19-11-7-17(2)8-12-19)26-25(29)23(16-21-6-5-15-30-21)27-24(28)20-13-9-18(3)10-14-20/h5-16,22H,4H2,1-3H3,(H,26,29)(H,27,28)/b23-16-/t22-/m1/s1. The summed E-state index contributed by atoms with van der Waals surface area (Å²) in [5, 5.41) is 5.75. The quantitative estimate of drug-likeness (QED) is 0.550. The van der Waals surface area contributed by atoms with Gasteiger partial charge < -0.3 is 15.1 Å². The first-order valence-corrected chi connectivity index (χ1v) is 9.97. The molecule has 0 fully saturated rings. The maximum atomic E-state index is 13.1. The number of hydrogen-bond acceptors (Lipinski definition) is 3. The van der Waals surface area contributed by atoms with E-state index < -0.39 is 0 Å². The summed E-state index contributed by atoms with van der Waals surface area (Å²) in [6.45, 7) is 5.98. The predicted molar refractivity (Wildman–Crippen MR) is 118 cm³/mol. The van der Waals surface area contributed by atoms with E-state index in [0.29, 0.717) is 11.3 Å². The van der Waals surface area contributed by atoms with Crippen molar-refractivity contribution in [3.05, 3.63) is 101 Å². The second-order valence-electron chi connectivity index (χ2n) is 7.24. The highest BCUT2D eigenvalue weighted by molar-refractivity contribution is 6.05. The molecule has 1 heterocycles. The zero-order chi connectivity index (χ0) is 21.5. The fourth-order valence-electron chi connectivity index (χ4n) is 3.03. The summed E-state index contributed by atoms with van der Waals surface area (Å²) in [6.07, 6.45) is 3.77. The molecule has 0 aliphatic rings. The molecule has 0 unspecified atom stereocenters. The highest BCUT2D eigenvalue weighted by Crippen LogP contribution is 2.18. The molecule has 0 aliphatic heterocycles. The zero-order valence-corrected chi connectivity index (χ0v) is 17.4. The first-order valence-electron chi connectivity index (χ1n) is 9.97. The molecule has 0 bridgehead atoms. The number of aryl methyl sites for hydroxylation is 2. The van der Waals surface area contributed by atoms with E-state index in [0.717, 1.165) is 23.1 Å². The van der Waals surface area contributed by atoms with E-state index >= 15 is 0 Å². The molecule has 0 aliphatic carbocycles. The van der Waals surface area contributed by atoms with Crippen LogP contribution in [0, 0.1) is 13.8 Å². The number of carbonyl (C=O) groups excluding carboxylic acids is 2. The van der Waals surface area contributed by atoms with Crippen molar-refractivity contribution in [1.82, 2.24) is 10.6 Å². The Morgan fingerprint density at radius 3 is 2.17 bits per heavy atom. The van der Waals surface area contributed by atoms with Crippen LogP contribution in [-0.4, -0.2) is 11.8 Å². The third kappa shape index (κ3) is 5.47. The lowest BCUT2D eigenvalue weighted by Crippen LogP contribution is -2.36. The summed E-state index contributed by atoms with van der Waals surface area (Å²) in [7, 11) is 0. The Hall–Kier alpha value is -3.60. The highest BCUT2D eigenvalue weighted by atomic mass is 16.3. The molecule has 2 aromatic carbocycles. The predicted octanol–water partition coefficient (Wildman–Crippen LogP) is 4.93. The van der Waals surface area contributed by atoms with Gasteiger partial charge in [-0.25, -0.2) is 0 Å². The van der Waals surface area contributed by atoms with Gasteiger partial charge in [0, 0.05) is 11.6 Å². The molecule has 5 heteroatoms. The molecule has 0 saturated carbocycles. The number of rotatable bonds is 7. The Morgan fingerprint density at radius 1 is 0.967 bits per heavy atom. The Kier molecular flexibility index (Phi) is 6.86. The van der Waals surface area contributed by atoms with E-state index in [1.807, 2.05) is 57.2 Å². The van der Waals surface area contributed by atoms with Gasteiger partial charge in [0.1, 0.15) is 11.5 Å². The van der Waals surface area contributed by atoms with Crippen LogP contribution < -0.4 is 10.6 Å². The number of carbonyl (C=O) groups is 2. The van der Waals surface area contributed by atoms with Gasteiger partial charge in [-0.1, -0.05) is 54.4 Å². The van der Waals surface area contributed by atoms with Crippen molar-refractivity contribution in [2.24, 2.45) is 0 Å². The molecule has 3 rings (SSSR count). The van der Waals surface area contributed by atoms with Crippen molar-refractivity contribution in [3.8, 4) is 0 Å². The monoisotopic (exact) mass is 402 g/mol. The van der Waals surface area contributed by atoms with E-state index in [-0.39, 0.29) is 23.6 Å². The molecular weight excluding hydrogens is 376 g/mol. The summed E-state index contributed by atoms with van der Waals surface area (Å²) < 4.78 is 5.34. The van der Waals surface area contributed by atoms with Gasteiger partial charge in [0.15, 0.2) is 0 Å². The van der Waals surface area contributed by atoms with Gasteiger partial charge >= 0.3 is 0 Å². The van der Waals surface area contributed by atoms with Gasteiger partial charge in [0.25, 0.3) is 11.8 Å². The first kappa shape index (κ1) is 21.1. The molecule has 1 aromatic heterocycles. The summed E-state index contributed by atoms with van der Waals surface area (Å²) in [4.78, 5) is 25.8. The fraction of sp³-hybridized carbons (Fsp3) is 0.200. The normalized spacial score (nSPS) is 12.3. The van der Waals surface area contributed by atoms with Crippen LogP contribution >= 0.6 is 0 Å². The number of furan rings is 1. The second-order valence-corrected chi connectivity index (χ2v) is 7.24. The van der Waals surface area contributed by atoms with Crippen LogP contribution in [0.1, 0.15) is 52.2 Å². The van der Waals surface area contributed by atoms with E-state index in [1.165, 1.54) is 12.3 Å². The Balaban J connectivity index is 1.82. The molecule has 0 spiro atoms. The summed E-state index contributed by atoms with van der Waals surface area (Å²) in [5.41, 5.74) is 3.83. The van der Waals surface area contributed by atoms with E-state index in [1.54, 1.807) is 24.3 Å². The number of benzene rings is 2. The third-order valence-corrected chi connectivity index (χ3v) is 4.83. The average Bonchev–Trinajstić information content (AvgIpc) is 3.25. The molecule has 3 aromatic rings. The molecule has 1 atom stereocenters. The summed E-state index contributed by atoms with van der Waals surface area (Å²) in [6, 6.07) is 18.5. The van der Waals surface area contributed by atoms with Gasteiger partial charge in [0.05, 0.1) is 12.3 Å². The van der Waals surface area contributed by atoms with Crippen molar-refractivity contribution in [2.75, 3.05) is 0 Å². The third-order valence-electron chi connectivity index (χ3n) is 4.83. The van der Waals surface area contributed by atoms with Crippen LogP contribution in [0.15, 0.2) is 77.0 Å². The van der Waals surface area contributed by atoms with Crippen molar-refractivity contribution in [1.29, 1.82) is 0 Å². The lowest BCUT2D eigenvalue weighted by atomic mass is 10.0. The lowest BCUT2D eigenvalue weighted by Gasteiger charge is -2.19. The van der Waals surface area contributed by atoms with Crippen molar-refractivity contribution in [3.63, 3.8) is 0 Å². The SMILES string of the molecule is CC[C@@H](NC(=O)/C(=C/c1ccco1)NC(=O)c1ccc(C)cc1)c1ccc(C)cc1. The van der Waals surface area contributed by atoms with Gasteiger partial charge in [-0.15, -0.1) is 0 Å². The van der Waals surface area contributed by atoms with Gasteiger partial charge in [-0.2, -0.15) is 0 Å². The first-order chi connectivity index (χ1) is 14.5. The summed E-state index contributed by atoms with van der Waals surface area (Å²) in [5.74, 6) is -0.252. The lowest BCUT2D eigenvalue weighted by molar-refractivity contribution is -0.118. The molecular formula is C25H26N2O3. The topological polar surface area (TPSA) is 71.3 Å². The van der Waals surface area contributed by atoms with Crippen LogP contribution in [0.3, 0.4) is 0 Å². The molecule has 154 valence electrons. The van der Waals surface area contributed by atoms with Gasteiger partial charge in [0.2, 0.25) is 0 Å². The minimum atomic E-state index is -0.376. The molecule has 0 saturated heterocycles. The van der Waals surface area contributed by atoms with Crippen LogP contribution in [0.4, 0.5) is 0 Å². The van der Waals surface area contributed by atoms with Crippen LogP contribution in [0.5, 0.6) is 0 Å². The molecule has 30 heavy (non-hydrogen) atoms. The van der Waals surface area contributed by atoms with E-state index in [4.69, 9.17) is 4.42 Å². The summed E-state index contributed by atoms with van der Waals surface area (Å²) >= 11 is 0. The van der Waals surface area contributed by atoms with E-state index in [2.05, 4.69) is 10.6 Å². The maximum Gasteiger partial charge on any atom is 0.268 e.